The van der Waals surface area contributed by atoms with E-state index in [0.29, 0.717) is 17.1 Å². The van der Waals surface area contributed by atoms with Crippen molar-refractivity contribution in [1.29, 1.82) is 0 Å². The Hall–Kier alpha value is -2.50. The number of carbonyl (C=O) groups excluding carboxylic acids is 1. The normalized spacial score (nSPS) is 10.4. The number of aromatic nitrogens is 2. The average Bonchev–Trinajstić information content (AvgIpc) is 2.63. The number of hydrogen-bond acceptors (Lipinski definition) is 4. The minimum absolute atomic E-state index is 0.264. The Morgan fingerprint density at radius 3 is 2.55 bits per heavy atom. The second-order valence-electron chi connectivity index (χ2n) is 4.84. The largest absolute Gasteiger partial charge is 0.395 e. The van der Waals surface area contributed by atoms with E-state index < -0.39 is 0 Å². The van der Waals surface area contributed by atoms with Gasteiger partial charge in [-0.05, 0) is 19.1 Å². The highest BCUT2D eigenvalue weighted by Crippen LogP contribution is 2.25. The molecule has 0 aliphatic carbocycles. The van der Waals surface area contributed by atoms with Crippen molar-refractivity contribution < 1.29 is 4.79 Å². The highest BCUT2D eigenvalue weighted by atomic mass is 16.2. The molecule has 1 aromatic heterocycles. The lowest BCUT2D eigenvalue weighted by Gasteiger charge is -2.17. The summed E-state index contributed by atoms with van der Waals surface area (Å²) in [7, 11) is 5.55. The van der Waals surface area contributed by atoms with Gasteiger partial charge in [0.1, 0.15) is 5.69 Å². The van der Waals surface area contributed by atoms with E-state index in [2.05, 4.69) is 10.4 Å². The van der Waals surface area contributed by atoms with E-state index in [1.54, 1.807) is 14.0 Å². The summed E-state index contributed by atoms with van der Waals surface area (Å²) in [4.78, 5) is 14.3. The lowest BCUT2D eigenvalue weighted by Crippen LogP contribution is -2.20. The fraction of sp³-hybridized carbons (Fsp3) is 0.286. The Morgan fingerprint density at radius 1 is 1.35 bits per heavy atom. The van der Waals surface area contributed by atoms with Crippen LogP contribution in [0.3, 0.4) is 0 Å². The molecule has 0 saturated heterocycles. The van der Waals surface area contributed by atoms with Crippen LogP contribution >= 0.6 is 0 Å². The molecule has 106 valence electrons. The van der Waals surface area contributed by atoms with Gasteiger partial charge in [-0.2, -0.15) is 5.10 Å². The smallest absolute Gasteiger partial charge is 0.276 e. The monoisotopic (exact) mass is 273 g/mol. The summed E-state index contributed by atoms with van der Waals surface area (Å²) in [5.74, 6) is -0.264. The lowest BCUT2D eigenvalue weighted by molar-refractivity contribution is 0.101. The number of amides is 1. The SMILES string of the molecule is Cc1nn(C)c(C(=O)Nc2ccccc2N(C)C)c1N. The highest BCUT2D eigenvalue weighted by molar-refractivity contribution is 6.08. The molecule has 6 heteroatoms. The molecule has 0 spiro atoms. The van der Waals surface area contributed by atoms with Crippen LogP contribution in [0.1, 0.15) is 16.2 Å². The van der Waals surface area contributed by atoms with Gasteiger partial charge in [0, 0.05) is 21.1 Å². The van der Waals surface area contributed by atoms with Crippen LogP contribution in [0.5, 0.6) is 0 Å². The van der Waals surface area contributed by atoms with E-state index in [1.807, 2.05) is 43.3 Å². The molecule has 0 fully saturated rings. The molecule has 0 unspecified atom stereocenters. The maximum atomic E-state index is 12.4. The van der Waals surface area contributed by atoms with Crippen molar-refractivity contribution >= 4 is 23.0 Å². The van der Waals surface area contributed by atoms with Crippen molar-refractivity contribution in [3.8, 4) is 0 Å². The Bertz CT molecular complexity index is 645. The zero-order valence-corrected chi connectivity index (χ0v) is 12.1. The van der Waals surface area contributed by atoms with Gasteiger partial charge in [-0.25, -0.2) is 0 Å². The van der Waals surface area contributed by atoms with E-state index in [-0.39, 0.29) is 5.91 Å². The number of para-hydroxylation sites is 2. The summed E-state index contributed by atoms with van der Waals surface area (Å²) in [5, 5.41) is 7.03. The van der Waals surface area contributed by atoms with Gasteiger partial charge in [0.15, 0.2) is 0 Å². The van der Waals surface area contributed by atoms with E-state index in [0.717, 1.165) is 11.4 Å². The van der Waals surface area contributed by atoms with Crippen LogP contribution < -0.4 is 16.0 Å². The van der Waals surface area contributed by atoms with E-state index in [9.17, 15) is 4.79 Å². The lowest BCUT2D eigenvalue weighted by atomic mass is 10.2. The van der Waals surface area contributed by atoms with Gasteiger partial charge in [-0.1, -0.05) is 12.1 Å². The van der Waals surface area contributed by atoms with Crippen molar-refractivity contribution in [2.24, 2.45) is 7.05 Å². The maximum absolute atomic E-state index is 12.4. The van der Waals surface area contributed by atoms with E-state index in [1.165, 1.54) is 4.68 Å². The Balaban J connectivity index is 2.33. The number of nitrogens with zero attached hydrogens (tertiary/aromatic N) is 3. The van der Waals surface area contributed by atoms with Crippen LogP contribution in [0.4, 0.5) is 17.1 Å². The van der Waals surface area contributed by atoms with Gasteiger partial charge in [0.25, 0.3) is 5.91 Å². The molecular formula is C14H19N5O. The van der Waals surface area contributed by atoms with Crippen LogP contribution in [0.2, 0.25) is 0 Å². The molecule has 2 aromatic rings. The summed E-state index contributed by atoms with van der Waals surface area (Å²) >= 11 is 0. The molecule has 3 N–H and O–H groups in total. The predicted molar refractivity (Wildman–Crippen MR) is 81.1 cm³/mol. The summed E-state index contributed by atoms with van der Waals surface area (Å²) in [5.41, 5.74) is 9.00. The quantitative estimate of drug-likeness (QED) is 0.891. The van der Waals surface area contributed by atoms with Crippen LogP contribution in [0.15, 0.2) is 24.3 Å². The molecule has 0 saturated carbocycles. The number of anilines is 3. The number of benzene rings is 1. The summed E-state index contributed by atoms with van der Waals surface area (Å²) < 4.78 is 1.50. The molecule has 0 bridgehead atoms. The van der Waals surface area contributed by atoms with E-state index >= 15 is 0 Å². The van der Waals surface area contributed by atoms with Gasteiger partial charge in [-0.15, -0.1) is 0 Å². The molecule has 0 aliphatic heterocycles. The van der Waals surface area contributed by atoms with Crippen LogP contribution in [-0.4, -0.2) is 29.8 Å². The summed E-state index contributed by atoms with van der Waals surface area (Å²) in [6, 6.07) is 7.59. The Kier molecular flexibility index (Phi) is 3.65. The second kappa shape index (κ2) is 5.24. The van der Waals surface area contributed by atoms with Crippen molar-refractivity contribution in [2.75, 3.05) is 30.0 Å². The molecule has 2 rings (SSSR count). The second-order valence-corrected chi connectivity index (χ2v) is 4.84. The molecule has 6 nitrogen and oxygen atoms in total. The third-order valence-electron chi connectivity index (χ3n) is 3.12. The molecular weight excluding hydrogens is 254 g/mol. The first-order valence-electron chi connectivity index (χ1n) is 6.28. The van der Waals surface area contributed by atoms with Crippen LogP contribution in [-0.2, 0) is 7.05 Å². The Morgan fingerprint density at radius 2 is 2.00 bits per heavy atom. The zero-order valence-electron chi connectivity index (χ0n) is 12.1. The van der Waals surface area contributed by atoms with Crippen LogP contribution in [0, 0.1) is 6.92 Å². The fourth-order valence-corrected chi connectivity index (χ4v) is 2.09. The first-order valence-corrected chi connectivity index (χ1v) is 6.28. The van der Waals surface area contributed by atoms with Crippen molar-refractivity contribution in [3.05, 3.63) is 35.7 Å². The molecule has 20 heavy (non-hydrogen) atoms. The van der Waals surface area contributed by atoms with Crippen molar-refractivity contribution in [1.82, 2.24) is 9.78 Å². The minimum atomic E-state index is -0.264. The van der Waals surface area contributed by atoms with Gasteiger partial charge in [0.2, 0.25) is 0 Å². The van der Waals surface area contributed by atoms with Crippen molar-refractivity contribution in [3.63, 3.8) is 0 Å². The van der Waals surface area contributed by atoms with Crippen molar-refractivity contribution in [2.45, 2.75) is 6.92 Å². The molecule has 0 radical (unpaired) electrons. The third kappa shape index (κ3) is 2.45. The number of nitrogens with two attached hydrogens (primary N) is 1. The van der Waals surface area contributed by atoms with Gasteiger partial charge < -0.3 is 16.0 Å². The predicted octanol–water partition coefficient (Wildman–Crippen LogP) is 1.63. The first kappa shape index (κ1) is 13.9. The molecule has 0 atom stereocenters. The molecule has 0 aliphatic rings. The number of aryl methyl sites for hydroxylation is 2. The number of nitrogens with one attached hydrogen (secondary N) is 1. The topological polar surface area (TPSA) is 76.2 Å². The first-order chi connectivity index (χ1) is 9.41. The number of carbonyl (C=O) groups is 1. The minimum Gasteiger partial charge on any atom is -0.395 e. The maximum Gasteiger partial charge on any atom is 0.276 e. The number of hydrogen-bond donors (Lipinski definition) is 2. The zero-order chi connectivity index (χ0) is 14.9. The van der Waals surface area contributed by atoms with Crippen LogP contribution in [0.25, 0.3) is 0 Å². The third-order valence-corrected chi connectivity index (χ3v) is 3.12. The molecule has 1 aromatic carbocycles. The molecule has 1 heterocycles. The molecule has 1 amide bonds. The highest BCUT2D eigenvalue weighted by Gasteiger charge is 2.19. The van der Waals surface area contributed by atoms with Gasteiger partial charge in [-0.3, -0.25) is 9.48 Å². The van der Waals surface area contributed by atoms with Gasteiger partial charge in [0.05, 0.1) is 22.8 Å². The van der Waals surface area contributed by atoms with E-state index in [4.69, 9.17) is 5.73 Å². The van der Waals surface area contributed by atoms with Gasteiger partial charge >= 0.3 is 0 Å². The Labute approximate surface area is 118 Å². The number of nitrogen functional groups attached to an aromatic ring is 1. The standard InChI is InChI=1S/C14H19N5O/c1-9-12(15)13(19(4)17-9)14(20)16-10-7-5-6-8-11(10)18(2)3/h5-8H,15H2,1-4H3,(H,16,20). The average molecular weight is 273 g/mol. The summed E-state index contributed by atoms with van der Waals surface area (Å²) in [6.45, 7) is 1.78. The number of rotatable bonds is 3. The fourth-order valence-electron chi connectivity index (χ4n) is 2.09. The summed E-state index contributed by atoms with van der Waals surface area (Å²) in [6.07, 6.45) is 0.